The Morgan fingerprint density at radius 1 is 1.12 bits per heavy atom. The zero-order valence-corrected chi connectivity index (χ0v) is 14.9. The molecule has 0 radical (unpaired) electrons. The number of amides is 2. The van der Waals surface area contributed by atoms with Crippen LogP contribution >= 0.6 is 0 Å². The van der Waals surface area contributed by atoms with Crippen LogP contribution in [0.4, 0.5) is 5.69 Å². The summed E-state index contributed by atoms with van der Waals surface area (Å²) in [7, 11) is 1.54. The van der Waals surface area contributed by atoms with Crippen LogP contribution in [0, 0.1) is 4.91 Å². The van der Waals surface area contributed by atoms with Crippen LogP contribution in [0.5, 0.6) is 0 Å². The summed E-state index contributed by atoms with van der Waals surface area (Å²) in [6.07, 6.45) is 1.66. The summed E-state index contributed by atoms with van der Waals surface area (Å²) in [5, 5.41) is 5.59. The third-order valence-corrected chi connectivity index (χ3v) is 4.59. The lowest BCUT2D eigenvalue weighted by Crippen LogP contribution is -2.41. The van der Waals surface area contributed by atoms with Gasteiger partial charge in [0.2, 0.25) is 0 Å². The van der Waals surface area contributed by atoms with Crippen molar-refractivity contribution in [3.8, 4) is 0 Å². The fourth-order valence-electron chi connectivity index (χ4n) is 3.26. The predicted octanol–water partition coefficient (Wildman–Crippen LogP) is 3.37. The highest BCUT2D eigenvalue weighted by Gasteiger charge is 2.33. The van der Waals surface area contributed by atoms with Crippen LogP contribution in [0.2, 0.25) is 0 Å². The Hall–Kier alpha value is -2.80. The van der Waals surface area contributed by atoms with Crippen molar-refractivity contribution in [3.05, 3.63) is 46.4 Å². The van der Waals surface area contributed by atoms with Gasteiger partial charge in [0, 0.05) is 35.6 Å². The molecule has 0 fully saturated rings. The first kappa shape index (κ1) is 18.0. The molecule has 0 unspecified atom stereocenters. The number of anilines is 1. The van der Waals surface area contributed by atoms with E-state index in [1.165, 1.54) is 9.91 Å². The van der Waals surface area contributed by atoms with Crippen molar-refractivity contribution in [1.29, 1.82) is 0 Å². The van der Waals surface area contributed by atoms with Gasteiger partial charge in [0.05, 0.1) is 24.1 Å². The summed E-state index contributed by atoms with van der Waals surface area (Å²) in [5.41, 5.74) is 1.51. The third kappa shape index (κ3) is 2.94. The smallest absolute Gasteiger partial charge is 0.261 e. The van der Waals surface area contributed by atoms with E-state index < -0.39 is 0 Å². The first-order valence-electron chi connectivity index (χ1n) is 8.65. The highest BCUT2D eigenvalue weighted by atomic mass is 16.5. The number of carbonyl (C=O) groups is 2. The van der Waals surface area contributed by atoms with E-state index in [2.05, 4.69) is 5.29 Å². The number of rotatable bonds is 8. The summed E-state index contributed by atoms with van der Waals surface area (Å²) in [5.74, 6) is -0.581. The topological polar surface area (TPSA) is 79.3 Å². The molecule has 1 heterocycles. The van der Waals surface area contributed by atoms with E-state index in [0.29, 0.717) is 40.7 Å². The minimum absolute atomic E-state index is 0.281. The molecular weight excluding hydrogens is 334 g/mol. The molecule has 7 nitrogen and oxygen atoms in total. The fraction of sp³-hybridized carbons (Fsp3) is 0.368. The first-order chi connectivity index (χ1) is 12.6. The molecule has 0 saturated carbocycles. The molecule has 0 atom stereocenters. The zero-order chi connectivity index (χ0) is 18.7. The second kappa shape index (κ2) is 7.61. The molecule has 2 aromatic rings. The van der Waals surface area contributed by atoms with E-state index >= 15 is 0 Å². The number of methoxy groups -OCH3 is 1. The van der Waals surface area contributed by atoms with Gasteiger partial charge in [-0.25, -0.2) is 5.01 Å². The van der Waals surface area contributed by atoms with Crippen LogP contribution in [0.15, 0.2) is 35.6 Å². The Morgan fingerprint density at radius 2 is 1.85 bits per heavy atom. The molecule has 7 heteroatoms. The van der Waals surface area contributed by atoms with Crippen molar-refractivity contribution in [2.24, 2.45) is 5.29 Å². The van der Waals surface area contributed by atoms with E-state index in [1.807, 2.05) is 6.92 Å². The number of hydrogen-bond acceptors (Lipinski definition) is 5. The number of carbonyl (C=O) groups excluding carboxylic acids is 2. The number of unbranched alkanes of at least 4 members (excludes halogenated alkanes) is 1. The number of ether oxygens (including phenoxy) is 1. The van der Waals surface area contributed by atoms with Gasteiger partial charge in [0.1, 0.15) is 0 Å². The molecule has 0 aromatic heterocycles. The average molecular weight is 355 g/mol. The van der Waals surface area contributed by atoms with Gasteiger partial charge >= 0.3 is 0 Å². The molecule has 0 bridgehead atoms. The van der Waals surface area contributed by atoms with E-state index in [1.54, 1.807) is 37.4 Å². The van der Waals surface area contributed by atoms with Crippen molar-refractivity contribution >= 4 is 28.3 Å². The van der Waals surface area contributed by atoms with Crippen LogP contribution < -0.4 is 5.01 Å². The van der Waals surface area contributed by atoms with Gasteiger partial charge in [-0.1, -0.05) is 25.5 Å². The molecule has 1 aliphatic rings. The number of benzene rings is 2. The fourth-order valence-corrected chi connectivity index (χ4v) is 3.26. The molecule has 1 aliphatic heterocycles. The maximum Gasteiger partial charge on any atom is 0.261 e. The maximum atomic E-state index is 12.8. The van der Waals surface area contributed by atoms with Crippen molar-refractivity contribution in [2.45, 2.75) is 19.8 Å². The Bertz CT molecular complexity index is 843. The van der Waals surface area contributed by atoms with Crippen molar-refractivity contribution < 1.29 is 14.3 Å². The minimum atomic E-state index is -0.291. The highest BCUT2D eigenvalue weighted by molar-refractivity contribution is 6.26. The largest absolute Gasteiger partial charge is 0.383 e. The summed E-state index contributed by atoms with van der Waals surface area (Å²) in [6, 6.07) is 8.64. The van der Waals surface area contributed by atoms with Gasteiger partial charge < -0.3 is 4.74 Å². The minimum Gasteiger partial charge on any atom is -0.383 e. The first-order valence-corrected chi connectivity index (χ1v) is 8.65. The molecule has 2 aromatic carbocycles. The summed E-state index contributed by atoms with van der Waals surface area (Å²) >= 11 is 0. The van der Waals surface area contributed by atoms with Gasteiger partial charge in [0.15, 0.2) is 0 Å². The van der Waals surface area contributed by atoms with Crippen molar-refractivity contribution in [3.63, 3.8) is 0 Å². The maximum absolute atomic E-state index is 12.8. The van der Waals surface area contributed by atoms with Gasteiger partial charge in [-0.05, 0) is 24.6 Å². The quantitative estimate of drug-likeness (QED) is 0.412. The Morgan fingerprint density at radius 3 is 2.50 bits per heavy atom. The highest BCUT2D eigenvalue weighted by Crippen LogP contribution is 2.36. The normalized spacial score (nSPS) is 13.4. The van der Waals surface area contributed by atoms with E-state index in [9.17, 15) is 14.5 Å². The lowest BCUT2D eigenvalue weighted by Gasteiger charge is -2.28. The molecule has 136 valence electrons. The number of nitroso groups, excluding NO2 is 1. The van der Waals surface area contributed by atoms with Gasteiger partial charge in [0.25, 0.3) is 11.8 Å². The predicted molar refractivity (Wildman–Crippen MR) is 99.2 cm³/mol. The Balaban J connectivity index is 2.14. The molecule has 3 rings (SSSR count). The van der Waals surface area contributed by atoms with Crippen molar-refractivity contribution in [2.75, 3.05) is 31.8 Å². The SMILES string of the molecule is CCCCN1C(=O)c2cccc3c(N(CCOC)N=O)ccc(c23)C1=O. The zero-order valence-electron chi connectivity index (χ0n) is 14.9. The molecule has 2 amide bonds. The van der Waals surface area contributed by atoms with Crippen LogP contribution in [-0.4, -0.2) is 43.5 Å². The van der Waals surface area contributed by atoms with Crippen LogP contribution in [-0.2, 0) is 4.74 Å². The summed E-state index contributed by atoms with van der Waals surface area (Å²) in [6.45, 7) is 3.03. The van der Waals surface area contributed by atoms with Crippen LogP contribution in [0.25, 0.3) is 10.8 Å². The van der Waals surface area contributed by atoms with Crippen molar-refractivity contribution in [1.82, 2.24) is 4.90 Å². The van der Waals surface area contributed by atoms with E-state index in [4.69, 9.17) is 4.74 Å². The summed E-state index contributed by atoms with van der Waals surface area (Å²) in [4.78, 5) is 38.2. The monoisotopic (exact) mass is 355 g/mol. The summed E-state index contributed by atoms with van der Waals surface area (Å²) < 4.78 is 5.02. The standard InChI is InChI=1S/C19H21N3O4/c1-3-4-10-21-18(23)14-7-5-6-13-16(22(20-25)11-12-26-2)9-8-15(17(13)14)19(21)24/h5-9H,3-4,10-12H2,1-2H3. The second-order valence-electron chi connectivity index (χ2n) is 6.17. The second-order valence-corrected chi connectivity index (χ2v) is 6.17. The number of hydrogen-bond donors (Lipinski definition) is 0. The lowest BCUT2D eigenvalue weighted by molar-refractivity contribution is 0.0608. The number of nitrogens with zero attached hydrogens (tertiary/aromatic N) is 3. The number of imide groups is 1. The van der Waals surface area contributed by atoms with E-state index in [0.717, 1.165) is 12.8 Å². The van der Waals surface area contributed by atoms with Gasteiger partial charge in [-0.2, -0.15) is 0 Å². The molecule has 0 aliphatic carbocycles. The van der Waals surface area contributed by atoms with Gasteiger partial charge in [-0.3, -0.25) is 14.5 Å². The lowest BCUT2D eigenvalue weighted by atomic mass is 9.92. The Kier molecular flexibility index (Phi) is 5.27. The van der Waals surface area contributed by atoms with Crippen LogP contribution in [0.1, 0.15) is 40.5 Å². The van der Waals surface area contributed by atoms with Gasteiger partial charge in [-0.15, -0.1) is 4.91 Å². The molecule has 0 saturated heterocycles. The molecule has 0 spiro atoms. The average Bonchev–Trinajstić information content (AvgIpc) is 2.67. The van der Waals surface area contributed by atoms with Crippen LogP contribution in [0.3, 0.4) is 0 Å². The molecular formula is C19H21N3O4. The Labute approximate surface area is 151 Å². The van der Waals surface area contributed by atoms with E-state index in [-0.39, 0.29) is 18.4 Å². The third-order valence-electron chi connectivity index (χ3n) is 4.59. The molecule has 26 heavy (non-hydrogen) atoms. The molecule has 0 N–H and O–H groups in total.